The van der Waals surface area contributed by atoms with Gasteiger partial charge in [-0.15, -0.1) is 0 Å². The predicted molar refractivity (Wildman–Crippen MR) is 118 cm³/mol. The van der Waals surface area contributed by atoms with Gasteiger partial charge in [-0.2, -0.15) is 0 Å². The Balaban J connectivity index is 1.65. The number of hydrogen-bond acceptors (Lipinski definition) is 5. The van der Waals surface area contributed by atoms with E-state index in [0.717, 1.165) is 43.4 Å². The van der Waals surface area contributed by atoms with E-state index in [1.807, 2.05) is 0 Å². The molecular weight excluding hydrogens is 429 g/mol. The molecule has 2 heterocycles. The zero-order valence-corrected chi connectivity index (χ0v) is 18.3. The van der Waals surface area contributed by atoms with Crippen LogP contribution in [0, 0.1) is 5.82 Å². The highest BCUT2D eigenvalue weighted by atomic mass is 19.1. The number of amides is 3. The number of para-hydroxylation sites is 1. The molecule has 0 bridgehead atoms. The topological polar surface area (TPSA) is 101 Å². The average Bonchev–Trinajstić information content (AvgIpc) is 3.60. The summed E-state index contributed by atoms with van der Waals surface area (Å²) in [5.74, 6) is -3.12. The number of anilines is 1. The van der Waals surface area contributed by atoms with E-state index in [0.29, 0.717) is 6.61 Å². The van der Waals surface area contributed by atoms with Gasteiger partial charge in [0.15, 0.2) is 6.04 Å². The van der Waals surface area contributed by atoms with Gasteiger partial charge in [-0.25, -0.2) is 4.39 Å². The van der Waals surface area contributed by atoms with Crippen LogP contribution in [0.3, 0.4) is 0 Å². The molecule has 1 aliphatic carbocycles. The molecule has 0 spiro atoms. The molecular formula is C24H28FN3O5. The summed E-state index contributed by atoms with van der Waals surface area (Å²) in [5.41, 5.74) is -0.183. The average molecular weight is 458 g/mol. The van der Waals surface area contributed by atoms with Gasteiger partial charge < -0.3 is 19.8 Å². The van der Waals surface area contributed by atoms with E-state index in [1.165, 1.54) is 36.6 Å². The number of carbonyl (C=O) groups excluding carboxylic acids is 3. The summed E-state index contributed by atoms with van der Waals surface area (Å²) in [5, 5.41) is 5.51. The lowest BCUT2D eigenvalue weighted by atomic mass is 10.1. The summed E-state index contributed by atoms with van der Waals surface area (Å²) in [6, 6.07) is 7.15. The summed E-state index contributed by atoms with van der Waals surface area (Å²) < 4.78 is 25.9. The molecule has 3 amide bonds. The van der Waals surface area contributed by atoms with Gasteiger partial charge in [0.25, 0.3) is 5.91 Å². The number of ether oxygens (including phenoxy) is 1. The molecule has 33 heavy (non-hydrogen) atoms. The zero-order valence-electron chi connectivity index (χ0n) is 18.3. The van der Waals surface area contributed by atoms with Crippen molar-refractivity contribution in [2.75, 3.05) is 18.1 Å². The van der Waals surface area contributed by atoms with Gasteiger partial charge in [0.1, 0.15) is 11.6 Å². The van der Waals surface area contributed by atoms with Crippen LogP contribution in [0.25, 0.3) is 0 Å². The van der Waals surface area contributed by atoms with Crippen LogP contribution in [0.5, 0.6) is 0 Å². The normalized spacial score (nSPS) is 19.2. The minimum Gasteiger partial charge on any atom is -0.467 e. The van der Waals surface area contributed by atoms with E-state index in [-0.39, 0.29) is 30.1 Å². The molecule has 2 aromatic rings. The Labute approximate surface area is 191 Å². The van der Waals surface area contributed by atoms with Crippen molar-refractivity contribution in [1.29, 1.82) is 0 Å². The van der Waals surface area contributed by atoms with Crippen LogP contribution in [0.2, 0.25) is 0 Å². The maximum atomic E-state index is 14.9. The second-order valence-corrected chi connectivity index (χ2v) is 8.38. The highest BCUT2D eigenvalue weighted by Crippen LogP contribution is 2.31. The van der Waals surface area contributed by atoms with Gasteiger partial charge >= 0.3 is 11.8 Å². The lowest BCUT2D eigenvalue weighted by Crippen LogP contribution is -2.51. The van der Waals surface area contributed by atoms with Crippen LogP contribution in [-0.2, 0) is 19.1 Å². The molecule has 176 valence electrons. The smallest absolute Gasteiger partial charge is 0.317 e. The highest BCUT2D eigenvalue weighted by molar-refractivity contribution is 6.41. The fraction of sp³-hybridized carbons (Fsp3) is 0.458. The Morgan fingerprint density at radius 1 is 1.06 bits per heavy atom. The third kappa shape index (κ3) is 5.42. The number of rotatable bonds is 7. The molecule has 1 saturated carbocycles. The van der Waals surface area contributed by atoms with Crippen molar-refractivity contribution in [1.82, 2.24) is 10.6 Å². The number of halogens is 1. The minimum absolute atomic E-state index is 0.112. The molecule has 9 heteroatoms. The van der Waals surface area contributed by atoms with E-state index in [1.54, 1.807) is 6.07 Å². The lowest BCUT2D eigenvalue weighted by molar-refractivity contribution is -0.139. The first-order chi connectivity index (χ1) is 16.0. The zero-order chi connectivity index (χ0) is 23.2. The number of carbonyl (C=O) groups is 3. The molecule has 2 atom stereocenters. The van der Waals surface area contributed by atoms with Gasteiger partial charge in [0.05, 0.1) is 18.1 Å². The maximum Gasteiger partial charge on any atom is 0.317 e. The van der Waals surface area contributed by atoms with Crippen molar-refractivity contribution in [2.24, 2.45) is 0 Å². The first-order valence-electron chi connectivity index (χ1n) is 11.4. The summed E-state index contributed by atoms with van der Waals surface area (Å²) >= 11 is 0. The van der Waals surface area contributed by atoms with Crippen LogP contribution in [0.4, 0.5) is 10.1 Å². The summed E-state index contributed by atoms with van der Waals surface area (Å²) in [6.07, 6.45) is 6.44. The third-order valence-corrected chi connectivity index (χ3v) is 6.06. The highest BCUT2D eigenvalue weighted by Gasteiger charge is 2.39. The minimum atomic E-state index is -1.37. The van der Waals surface area contributed by atoms with E-state index >= 15 is 0 Å². The van der Waals surface area contributed by atoms with E-state index in [2.05, 4.69) is 10.6 Å². The number of nitrogens with one attached hydrogen (secondary N) is 2. The van der Waals surface area contributed by atoms with Gasteiger partial charge in [-0.3, -0.25) is 19.3 Å². The molecule has 0 radical (unpaired) electrons. The van der Waals surface area contributed by atoms with Gasteiger partial charge in [-0.1, -0.05) is 25.0 Å². The fourth-order valence-electron chi connectivity index (χ4n) is 4.38. The molecule has 1 aromatic heterocycles. The summed E-state index contributed by atoms with van der Waals surface area (Å²) in [7, 11) is 0. The standard InChI is InChI=1S/C24H28FN3O5/c25-18-10-3-4-11-19(18)28(24(31)23(30)27-16-7-1-2-8-16)21(20-12-6-14-33-20)22(29)26-15-17-9-5-13-32-17/h3-4,6,10-12,14,16-17,21H,1-2,5,7-9,13,15H2,(H,26,29)(H,27,30)/t17-,21-/m1/s1. The van der Waals surface area contributed by atoms with Crippen molar-refractivity contribution >= 4 is 23.4 Å². The van der Waals surface area contributed by atoms with Crippen molar-refractivity contribution in [3.63, 3.8) is 0 Å². The predicted octanol–water partition coefficient (Wildman–Crippen LogP) is 2.85. The quantitative estimate of drug-likeness (QED) is 0.623. The first-order valence-corrected chi connectivity index (χ1v) is 11.4. The largest absolute Gasteiger partial charge is 0.467 e. The van der Waals surface area contributed by atoms with E-state index in [4.69, 9.17) is 9.15 Å². The van der Waals surface area contributed by atoms with Crippen LogP contribution in [0.15, 0.2) is 47.1 Å². The number of benzene rings is 1. The van der Waals surface area contributed by atoms with Crippen LogP contribution >= 0.6 is 0 Å². The Hall–Kier alpha value is -3.20. The second-order valence-electron chi connectivity index (χ2n) is 8.38. The molecule has 2 fully saturated rings. The van der Waals surface area contributed by atoms with E-state index in [9.17, 15) is 18.8 Å². The first kappa shape index (κ1) is 23.0. The fourth-order valence-corrected chi connectivity index (χ4v) is 4.38. The van der Waals surface area contributed by atoms with Crippen LogP contribution in [0.1, 0.15) is 50.3 Å². The second kappa shape index (κ2) is 10.6. The van der Waals surface area contributed by atoms with Crippen molar-refractivity contribution < 1.29 is 27.9 Å². The molecule has 2 N–H and O–H groups in total. The third-order valence-electron chi connectivity index (χ3n) is 6.06. The molecule has 1 aromatic carbocycles. The lowest BCUT2D eigenvalue weighted by Gasteiger charge is -2.30. The van der Waals surface area contributed by atoms with E-state index < -0.39 is 29.6 Å². The van der Waals surface area contributed by atoms with Gasteiger partial charge in [-0.05, 0) is 49.9 Å². The van der Waals surface area contributed by atoms with Gasteiger partial charge in [0.2, 0.25) is 0 Å². The molecule has 1 aliphatic heterocycles. The van der Waals surface area contributed by atoms with Crippen LogP contribution < -0.4 is 15.5 Å². The summed E-state index contributed by atoms with van der Waals surface area (Å²) in [4.78, 5) is 40.5. The Morgan fingerprint density at radius 3 is 2.52 bits per heavy atom. The van der Waals surface area contributed by atoms with Crippen molar-refractivity contribution in [3.8, 4) is 0 Å². The maximum absolute atomic E-state index is 14.9. The number of hydrogen-bond donors (Lipinski definition) is 2. The number of furan rings is 1. The monoisotopic (exact) mass is 457 g/mol. The van der Waals surface area contributed by atoms with Crippen molar-refractivity contribution in [2.45, 2.75) is 56.7 Å². The summed E-state index contributed by atoms with van der Waals surface area (Å²) in [6.45, 7) is 0.868. The van der Waals surface area contributed by atoms with Crippen LogP contribution in [-0.4, -0.2) is 43.0 Å². The number of nitrogens with zero attached hydrogens (tertiary/aromatic N) is 1. The molecule has 1 saturated heterocycles. The molecule has 8 nitrogen and oxygen atoms in total. The van der Waals surface area contributed by atoms with Gasteiger partial charge in [0, 0.05) is 19.2 Å². The Bertz CT molecular complexity index is 968. The molecule has 2 aliphatic rings. The molecule has 0 unspecified atom stereocenters. The van der Waals surface area contributed by atoms with Crippen molar-refractivity contribution in [3.05, 3.63) is 54.2 Å². The Morgan fingerprint density at radius 2 is 1.85 bits per heavy atom. The SMILES string of the molecule is O=C(NC1CCCC1)C(=O)N(c1ccccc1F)[C@@H](C(=O)NC[C@H]1CCCO1)c1ccco1. The molecule has 4 rings (SSSR count). The Kier molecular flexibility index (Phi) is 7.39.